The number of ether oxygens (including phenoxy) is 2. The van der Waals surface area contributed by atoms with E-state index in [9.17, 15) is 9.59 Å². The number of aromatic nitrogens is 5. The van der Waals surface area contributed by atoms with Gasteiger partial charge in [0.1, 0.15) is 22.9 Å². The number of aromatic amines is 2. The maximum Gasteiger partial charge on any atom is 0.410 e. The Balaban J connectivity index is 1.58. The van der Waals surface area contributed by atoms with Crippen molar-refractivity contribution in [2.75, 3.05) is 13.1 Å². The molecule has 4 rings (SSSR count). The fourth-order valence-electron chi connectivity index (χ4n) is 3.12. The molecule has 1 amide bonds. The number of amides is 1. The second-order valence-electron chi connectivity index (χ2n) is 7.87. The number of likely N-dealkylation sites (tertiary alicyclic amines) is 1. The maximum atomic E-state index is 12.3. The van der Waals surface area contributed by atoms with E-state index >= 15 is 0 Å². The highest BCUT2D eigenvalue weighted by Gasteiger charge is 2.31. The van der Waals surface area contributed by atoms with E-state index in [1.54, 1.807) is 17.2 Å². The van der Waals surface area contributed by atoms with Crippen molar-refractivity contribution in [2.24, 2.45) is 0 Å². The van der Waals surface area contributed by atoms with Crippen molar-refractivity contribution >= 4 is 17.0 Å². The van der Waals surface area contributed by atoms with Crippen LogP contribution in [0.2, 0.25) is 0 Å². The van der Waals surface area contributed by atoms with Gasteiger partial charge in [0.25, 0.3) is 0 Å². The number of hydrogen-bond donors (Lipinski definition) is 2. The first-order valence-corrected chi connectivity index (χ1v) is 9.34. The minimum absolute atomic E-state index is 0.242. The van der Waals surface area contributed by atoms with Gasteiger partial charge in [-0.25, -0.2) is 19.7 Å². The average molecular weight is 398 g/mol. The lowest BCUT2D eigenvalue weighted by Gasteiger charge is -2.24. The van der Waals surface area contributed by atoms with Gasteiger partial charge in [-0.1, -0.05) is 6.07 Å². The van der Waals surface area contributed by atoms with Gasteiger partial charge in [0.05, 0.1) is 6.54 Å². The lowest BCUT2D eigenvalue weighted by Crippen LogP contribution is -2.36. The van der Waals surface area contributed by atoms with Gasteiger partial charge in [-0.2, -0.15) is 5.10 Å². The molecule has 0 saturated carbocycles. The van der Waals surface area contributed by atoms with Crippen molar-refractivity contribution in [3.63, 3.8) is 0 Å². The molecular weight excluding hydrogens is 376 g/mol. The van der Waals surface area contributed by atoms with E-state index in [4.69, 9.17) is 9.47 Å². The Labute approximate surface area is 166 Å². The van der Waals surface area contributed by atoms with E-state index < -0.39 is 11.3 Å². The Kier molecular flexibility index (Phi) is 4.69. The predicted octanol–water partition coefficient (Wildman–Crippen LogP) is 2.10. The monoisotopic (exact) mass is 398 g/mol. The lowest BCUT2D eigenvalue weighted by atomic mass is 10.2. The van der Waals surface area contributed by atoms with E-state index in [1.165, 1.54) is 0 Å². The van der Waals surface area contributed by atoms with Crippen LogP contribution in [0.1, 0.15) is 27.2 Å². The maximum absolute atomic E-state index is 12.3. The van der Waals surface area contributed by atoms with Gasteiger partial charge in [0.2, 0.25) is 5.88 Å². The van der Waals surface area contributed by atoms with Crippen LogP contribution in [0, 0.1) is 0 Å². The molecule has 1 saturated heterocycles. The zero-order valence-electron chi connectivity index (χ0n) is 16.4. The number of H-pyrrole nitrogens is 2. The van der Waals surface area contributed by atoms with E-state index in [0.717, 1.165) is 5.39 Å². The van der Waals surface area contributed by atoms with Crippen LogP contribution in [0.5, 0.6) is 5.88 Å². The molecule has 1 fully saturated rings. The van der Waals surface area contributed by atoms with Crippen LogP contribution in [-0.4, -0.2) is 60.9 Å². The second kappa shape index (κ2) is 7.19. The molecule has 0 aromatic carbocycles. The highest BCUT2D eigenvalue weighted by molar-refractivity contribution is 5.85. The SMILES string of the molecule is CC(C)(C)OC(=O)N1CCC(Oc2nc(-c3n[nH]c(=O)[nH]3)cc3cccnc23)C1. The van der Waals surface area contributed by atoms with Crippen LogP contribution < -0.4 is 10.4 Å². The van der Waals surface area contributed by atoms with Gasteiger partial charge >= 0.3 is 11.8 Å². The van der Waals surface area contributed by atoms with Crippen molar-refractivity contribution < 1.29 is 14.3 Å². The Morgan fingerprint density at radius 1 is 1.34 bits per heavy atom. The van der Waals surface area contributed by atoms with E-state index in [0.29, 0.717) is 42.4 Å². The van der Waals surface area contributed by atoms with Crippen LogP contribution >= 0.6 is 0 Å². The summed E-state index contributed by atoms with van der Waals surface area (Å²) in [4.78, 5) is 36.8. The number of fused-ring (bicyclic) bond motifs is 1. The van der Waals surface area contributed by atoms with Crippen molar-refractivity contribution in [1.82, 2.24) is 30.0 Å². The molecule has 3 aromatic rings. The first-order valence-electron chi connectivity index (χ1n) is 9.34. The Morgan fingerprint density at radius 3 is 2.90 bits per heavy atom. The van der Waals surface area contributed by atoms with Gasteiger partial charge in [-0.15, -0.1) is 0 Å². The molecule has 1 atom stereocenters. The summed E-state index contributed by atoms with van der Waals surface area (Å²) in [6, 6.07) is 5.47. The van der Waals surface area contributed by atoms with Crippen molar-refractivity contribution in [3.8, 4) is 17.4 Å². The summed E-state index contributed by atoms with van der Waals surface area (Å²) in [6.07, 6.45) is 1.71. The first-order chi connectivity index (χ1) is 13.8. The molecule has 1 aliphatic heterocycles. The quantitative estimate of drug-likeness (QED) is 0.692. The molecule has 0 spiro atoms. The highest BCUT2D eigenvalue weighted by atomic mass is 16.6. The lowest BCUT2D eigenvalue weighted by molar-refractivity contribution is 0.0275. The normalized spacial score (nSPS) is 16.9. The van der Waals surface area contributed by atoms with Crippen LogP contribution in [0.3, 0.4) is 0 Å². The molecule has 1 aliphatic rings. The van der Waals surface area contributed by atoms with E-state index in [-0.39, 0.29) is 12.2 Å². The second-order valence-corrected chi connectivity index (χ2v) is 7.87. The summed E-state index contributed by atoms with van der Waals surface area (Å²) in [5.74, 6) is 0.644. The molecule has 0 aliphatic carbocycles. The molecular formula is C19H22N6O4. The van der Waals surface area contributed by atoms with Crippen molar-refractivity contribution in [3.05, 3.63) is 34.9 Å². The smallest absolute Gasteiger partial charge is 0.410 e. The number of nitrogens with zero attached hydrogens (tertiary/aromatic N) is 4. The summed E-state index contributed by atoms with van der Waals surface area (Å²) >= 11 is 0. The average Bonchev–Trinajstić information content (AvgIpc) is 3.29. The summed E-state index contributed by atoms with van der Waals surface area (Å²) < 4.78 is 11.5. The fraction of sp³-hybridized carbons (Fsp3) is 0.421. The molecule has 0 radical (unpaired) electrons. The first kappa shape index (κ1) is 18.9. The standard InChI is InChI=1S/C19H22N6O4/c1-19(2,3)29-18(27)25-8-6-12(10-25)28-16-14-11(5-4-7-20-14)9-13(21-16)15-22-17(26)24-23-15/h4-5,7,9,12H,6,8,10H2,1-3H3,(H2,22,23,24,26). The number of pyridine rings is 2. The van der Waals surface area contributed by atoms with Crippen LogP contribution in [0.4, 0.5) is 4.79 Å². The molecule has 4 heterocycles. The van der Waals surface area contributed by atoms with Crippen LogP contribution in [0.15, 0.2) is 29.2 Å². The zero-order valence-corrected chi connectivity index (χ0v) is 16.4. The molecule has 2 N–H and O–H groups in total. The van der Waals surface area contributed by atoms with Crippen molar-refractivity contribution in [2.45, 2.75) is 38.9 Å². The number of hydrogen-bond acceptors (Lipinski definition) is 7. The number of carbonyl (C=O) groups excluding carboxylic acids is 1. The topological polar surface area (TPSA) is 126 Å². The minimum Gasteiger partial charge on any atom is -0.471 e. The van der Waals surface area contributed by atoms with Crippen LogP contribution in [-0.2, 0) is 4.74 Å². The third-order valence-corrected chi connectivity index (χ3v) is 4.37. The molecule has 29 heavy (non-hydrogen) atoms. The van der Waals surface area contributed by atoms with E-state index in [2.05, 4.69) is 25.1 Å². The molecule has 0 bridgehead atoms. The number of carbonyl (C=O) groups is 1. The van der Waals surface area contributed by atoms with E-state index in [1.807, 2.05) is 32.9 Å². The molecule has 10 heteroatoms. The summed E-state index contributed by atoms with van der Waals surface area (Å²) in [7, 11) is 0. The summed E-state index contributed by atoms with van der Waals surface area (Å²) in [6.45, 7) is 6.44. The zero-order chi connectivity index (χ0) is 20.6. The predicted molar refractivity (Wildman–Crippen MR) is 105 cm³/mol. The van der Waals surface area contributed by atoms with Gasteiger partial charge in [0, 0.05) is 24.5 Å². The molecule has 10 nitrogen and oxygen atoms in total. The van der Waals surface area contributed by atoms with Gasteiger partial charge < -0.3 is 14.4 Å². The van der Waals surface area contributed by atoms with Gasteiger partial charge in [-0.3, -0.25) is 9.97 Å². The van der Waals surface area contributed by atoms with Crippen LogP contribution in [0.25, 0.3) is 22.4 Å². The fourth-order valence-corrected chi connectivity index (χ4v) is 3.12. The van der Waals surface area contributed by atoms with Crippen molar-refractivity contribution in [1.29, 1.82) is 0 Å². The third kappa shape index (κ3) is 4.20. The third-order valence-electron chi connectivity index (χ3n) is 4.37. The molecule has 1 unspecified atom stereocenters. The van der Waals surface area contributed by atoms with Gasteiger partial charge in [-0.05, 0) is 32.9 Å². The minimum atomic E-state index is -0.549. The van der Waals surface area contributed by atoms with Gasteiger partial charge in [0.15, 0.2) is 5.82 Å². The Hall–Kier alpha value is -3.43. The summed E-state index contributed by atoms with van der Waals surface area (Å²) in [5.41, 5.74) is 0.0945. The Bertz CT molecular complexity index is 1100. The summed E-state index contributed by atoms with van der Waals surface area (Å²) in [5, 5.41) is 7.07. The largest absolute Gasteiger partial charge is 0.471 e. The number of nitrogens with one attached hydrogen (secondary N) is 2. The molecule has 152 valence electrons. The number of rotatable bonds is 3. The highest BCUT2D eigenvalue weighted by Crippen LogP contribution is 2.28. The molecule has 3 aromatic heterocycles. The Morgan fingerprint density at radius 2 is 2.17 bits per heavy atom.